The lowest BCUT2D eigenvalue weighted by Crippen LogP contribution is -1.94. The van der Waals surface area contributed by atoms with Crippen LogP contribution in [0.1, 0.15) is 6.92 Å². The molecular formula is C14H11ClN2O4S. The van der Waals surface area contributed by atoms with Crippen LogP contribution >= 0.6 is 10.7 Å². The van der Waals surface area contributed by atoms with Crippen molar-refractivity contribution in [3.05, 3.63) is 46.5 Å². The van der Waals surface area contributed by atoms with Gasteiger partial charge in [-0.25, -0.2) is 8.42 Å². The largest absolute Gasteiger partial charge is 0.341 e. The fourth-order valence-corrected chi connectivity index (χ4v) is 3.45. The molecule has 0 saturated carbocycles. The molecule has 0 spiro atoms. The third-order valence-corrected chi connectivity index (χ3v) is 4.98. The molecule has 1 heterocycles. The van der Waals surface area contributed by atoms with Crippen LogP contribution in [0.4, 0.5) is 5.69 Å². The van der Waals surface area contributed by atoms with Crippen molar-refractivity contribution in [1.82, 2.24) is 4.57 Å². The van der Waals surface area contributed by atoms with E-state index < -0.39 is 14.0 Å². The lowest BCUT2D eigenvalue weighted by atomic mass is 10.1. The van der Waals surface area contributed by atoms with Crippen molar-refractivity contribution in [1.29, 1.82) is 0 Å². The van der Waals surface area contributed by atoms with Crippen LogP contribution < -0.4 is 0 Å². The van der Waals surface area contributed by atoms with Gasteiger partial charge in [0.05, 0.1) is 9.82 Å². The first-order valence-electron chi connectivity index (χ1n) is 6.48. The van der Waals surface area contributed by atoms with Gasteiger partial charge < -0.3 is 4.57 Å². The lowest BCUT2D eigenvalue weighted by Gasteiger charge is -2.03. The molecule has 0 saturated heterocycles. The predicted molar refractivity (Wildman–Crippen MR) is 84.8 cm³/mol. The summed E-state index contributed by atoms with van der Waals surface area (Å²) in [5.74, 6) is 0. The van der Waals surface area contributed by atoms with Crippen molar-refractivity contribution in [2.45, 2.75) is 18.4 Å². The Kier molecular flexibility index (Phi) is 3.34. The maximum atomic E-state index is 11.5. The van der Waals surface area contributed by atoms with Crippen molar-refractivity contribution < 1.29 is 13.3 Å². The van der Waals surface area contributed by atoms with Gasteiger partial charge in [-0.05, 0) is 31.2 Å². The van der Waals surface area contributed by atoms with Crippen molar-refractivity contribution in [2.75, 3.05) is 0 Å². The standard InChI is InChI=1S/C14H11ClN2O4S/c1-2-16-13-5-3-9(17(18)19)7-11(13)12-8-10(22(15,20)21)4-6-14(12)16/h3-8H,2H2,1H3. The summed E-state index contributed by atoms with van der Waals surface area (Å²) in [5, 5.41) is 12.2. The van der Waals surface area contributed by atoms with E-state index in [0.717, 1.165) is 11.0 Å². The molecule has 8 heteroatoms. The summed E-state index contributed by atoms with van der Waals surface area (Å²) < 4.78 is 25.0. The van der Waals surface area contributed by atoms with E-state index in [2.05, 4.69) is 0 Å². The number of nitrogens with zero attached hydrogens (tertiary/aromatic N) is 2. The second kappa shape index (κ2) is 4.96. The fourth-order valence-electron chi connectivity index (χ4n) is 2.68. The SMILES string of the molecule is CCn1c2ccc([N+](=O)[O-])cc2c2cc(S(=O)(=O)Cl)ccc21. The van der Waals surface area contributed by atoms with E-state index in [0.29, 0.717) is 17.3 Å². The number of hydrogen-bond acceptors (Lipinski definition) is 4. The molecule has 0 atom stereocenters. The summed E-state index contributed by atoms with van der Waals surface area (Å²) in [4.78, 5) is 10.5. The molecule has 0 N–H and O–H groups in total. The molecule has 0 bridgehead atoms. The second-order valence-electron chi connectivity index (χ2n) is 4.82. The highest BCUT2D eigenvalue weighted by Crippen LogP contribution is 2.33. The maximum absolute atomic E-state index is 11.5. The van der Waals surface area contributed by atoms with Crippen LogP contribution in [-0.4, -0.2) is 17.9 Å². The van der Waals surface area contributed by atoms with Gasteiger partial charge in [0.25, 0.3) is 14.7 Å². The smallest absolute Gasteiger partial charge is 0.270 e. The zero-order valence-electron chi connectivity index (χ0n) is 11.5. The molecule has 2 aromatic carbocycles. The third-order valence-electron chi connectivity index (χ3n) is 3.63. The number of non-ortho nitro benzene ring substituents is 1. The molecule has 0 radical (unpaired) electrons. The number of aromatic nitrogens is 1. The molecule has 3 aromatic rings. The van der Waals surface area contributed by atoms with E-state index >= 15 is 0 Å². The molecule has 3 rings (SSSR count). The zero-order chi connectivity index (χ0) is 16.1. The highest BCUT2D eigenvalue weighted by atomic mass is 35.7. The van der Waals surface area contributed by atoms with E-state index in [1.807, 2.05) is 11.5 Å². The van der Waals surface area contributed by atoms with Crippen LogP contribution in [-0.2, 0) is 15.6 Å². The molecule has 0 aliphatic heterocycles. The molecule has 0 amide bonds. The van der Waals surface area contributed by atoms with Crippen LogP contribution in [0.5, 0.6) is 0 Å². The van der Waals surface area contributed by atoms with Gasteiger partial charge in [-0.3, -0.25) is 10.1 Å². The summed E-state index contributed by atoms with van der Waals surface area (Å²) in [7, 11) is 1.53. The van der Waals surface area contributed by atoms with Gasteiger partial charge in [0.1, 0.15) is 0 Å². The van der Waals surface area contributed by atoms with Gasteiger partial charge in [0.15, 0.2) is 0 Å². The normalized spacial score (nSPS) is 12.1. The second-order valence-corrected chi connectivity index (χ2v) is 7.39. The molecular weight excluding hydrogens is 328 g/mol. The number of nitro benzene ring substituents is 1. The van der Waals surface area contributed by atoms with E-state index in [-0.39, 0.29) is 10.6 Å². The monoisotopic (exact) mass is 338 g/mol. The van der Waals surface area contributed by atoms with Crippen LogP contribution in [0.2, 0.25) is 0 Å². The van der Waals surface area contributed by atoms with Gasteiger partial charge in [0, 0.05) is 51.2 Å². The Hall–Kier alpha value is -2.12. The Morgan fingerprint density at radius 3 is 2.27 bits per heavy atom. The van der Waals surface area contributed by atoms with Gasteiger partial charge in [-0.1, -0.05) is 0 Å². The summed E-state index contributed by atoms with van der Waals surface area (Å²) in [6, 6.07) is 9.12. The van der Waals surface area contributed by atoms with Gasteiger partial charge in [-0.2, -0.15) is 0 Å². The predicted octanol–water partition coefficient (Wildman–Crippen LogP) is 3.65. The quantitative estimate of drug-likeness (QED) is 0.414. The Morgan fingerprint density at radius 2 is 1.73 bits per heavy atom. The number of aryl methyl sites for hydroxylation is 1. The number of benzene rings is 2. The van der Waals surface area contributed by atoms with Crippen molar-refractivity contribution >= 4 is 47.2 Å². The summed E-state index contributed by atoms with van der Waals surface area (Å²) in [5.41, 5.74) is 1.58. The lowest BCUT2D eigenvalue weighted by molar-refractivity contribution is -0.384. The van der Waals surface area contributed by atoms with E-state index in [1.54, 1.807) is 12.1 Å². The van der Waals surface area contributed by atoms with Crippen LogP contribution in [0.25, 0.3) is 21.8 Å². The highest BCUT2D eigenvalue weighted by molar-refractivity contribution is 8.13. The number of nitro groups is 1. The average molecular weight is 339 g/mol. The number of halogens is 1. The first-order valence-corrected chi connectivity index (χ1v) is 8.79. The number of fused-ring (bicyclic) bond motifs is 3. The first-order chi connectivity index (χ1) is 10.3. The van der Waals surface area contributed by atoms with E-state index in [9.17, 15) is 18.5 Å². The minimum Gasteiger partial charge on any atom is -0.341 e. The minimum absolute atomic E-state index is 0.0247. The molecule has 22 heavy (non-hydrogen) atoms. The van der Waals surface area contributed by atoms with Crippen LogP contribution in [0.15, 0.2) is 41.3 Å². The summed E-state index contributed by atoms with van der Waals surface area (Å²) in [6.07, 6.45) is 0. The number of hydrogen-bond donors (Lipinski definition) is 0. The molecule has 0 unspecified atom stereocenters. The van der Waals surface area contributed by atoms with Gasteiger partial charge >= 0.3 is 0 Å². The third kappa shape index (κ3) is 2.22. The summed E-state index contributed by atoms with van der Waals surface area (Å²) in [6.45, 7) is 2.61. The Labute approximate surface area is 130 Å². The Morgan fingerprint density at radius 1 is 1.14 bits per heavy atom. The van der Waals surface area contributed by atoms with Crippen LogP contribution in [0, 0.1) is 10.1 Å². The van der Waals surface area contributed by atoms with Crippen molar-refractivity contribution in [2.24, 2.45) is 0 Å². The maximum Gasteiger partial charge on any atom is 0.270 e. The van der Waals surface area contributed by atoms with Crippen molar-refractivity contribution in [3.8, 4) is 0 Å². The van der Waals surface area contributed by atoms with Crippen molar-refractivity contribution in [3.63, 3.8) is 0 Å². The minimum atomic E-state index is -3.86. The van der Waals surface area contributed by atoms with Gasteiger partial charge in [-0.15, -0.1) is 0 Å². The Balaban J connectivity index is 2.47. The van der Waals surface area contributed by atoms with E-state index in [4.69, 9.17) is 10.7 Å². The summed E-state index contributed by atoms with van der Waals surface area (Å²) >= 11 is 0. The topological polar surface area (TPSA) is 82.2 Å². The van der Waals surface area contributed by atoms with E-state index in [1.165, 1.54) is 24.3 Å². The molecule has 0 aliphatic carbocycles. The highest BCUT2D eigenvalue weighted by Gasteiger charge is 2.17. The molecule has 0 fully saturated rings. The number of rotatable bonds is 3. The fraction of sp³-hybridized carbons (Fsp3) is 0.143. The molecule has 114 valence electrons. The molecule has 0 aliphatic rings. The zero-order valence-corrected chi connectivity index (χ0v) is 13.1. The first kappa shape index (κ1) is 14.8. The molecule has 6 nitrogen and oxygen atoms in total. The Bertz CT molecular complexity index is 1020. The molecule has 1 aromatic heterocycles. The van der Waals surface area contributed by atoms with Crippen LogP contribution in [0.3, 0.4) is 0 Å². The van der Waals surface area contributed by atoms with Gasteiger partial charge in [0.2, 0.25) is 0 Å². The average Bonchev–Trinajstić information content (AvgIpc) is 2.78.